The number of amides is 1. The summed E-state index contributed by atoms with van der Waals surface area (Å²) in [7, 11) is 1.56. The third-order valence-corrected chi connectivity index (χ3v) is 3.76. The van der Waals surface area contributed by atoms with Gasteiger partial charge in [-0.25, -0.2) is 4.68 Å². The highest BCUT2D eigenvalue weighted by atomic mass is 16.2. The van der Waals surface area contributed by atoms with Crippen molar-refractivity contribution in [2.75, 3.05) is 0 Å². The molecule has 19 heavy (non-hydrogen) atoms. The van der Waals surface area contributed by atoms with Crippen LogP contribution >= 0.6 is 0 Å². The first-order valence-electron chi connectivity index (χ1n) is 6.79. The number of aryl methyl sites for hydroxylation is 1. The van der Waals surface area contributed by atoms with Crippen molar-refractivity contribution < 1.29 is 4.79 Å². The van der Waals surface area contributed by atoms with Crippen LogP contribution in [0.5, 0.6) is 0 Å². The van der Waals surface area contributed by atoms with Gasteiger partial charge in [0.1, 0.15) is 5.69 Å². The molecule has 0 radical (unpaired) electrons. The molecule has 104 valence electrons. The average molecular weight is 263 g/mol. The molecule has 1 aromatic rings. The Bertz CT molecular complexity index is 532. The summed E-state index contributed by atoms with van der Waals surface area (Å²) in [4.78, 5) is 25.8. The number of hydrogen-bond donors (Lipinski definition) is 0. The van der Waals surface area contributed by atoms with Gasteiger partial charge in [-0.1, -0.05) is 13.8 Å². The monoisotopic (exact) mass is 263 g/mol. The van der Waals surface area contributed by atoms with E-state index in [9.17, 15) is 9.59 Å². The summed E-state index contributed by atoms with van der Waals surface area (Å²) in [6.45, 7) is 6.30. The van der Waals surface area contributed by atoms with Crippen LogP contribution in [0.1, 0.15) is 44.1 Å². The molecule has 1 aromatic heterocycles. The molecule has 5 nitrogen and oxygen atoms in total. The van der Waals surface area contributed by atoms with E-state index in [2.05, 4.69) is 25.9 Å². The fourth-order valence-corrected chi connectivity index (χ4v) is 2.11. The highest BCUT2D eigenvalue weighted by molar-refractivity contribution is 5.92. The second-order valence-corrected chi connectivity index (χ2v) is 5.61. The van der Waals surface area contributed by atoms with Crippen LogP contribution in [0.4, 0.5) is 0 Å². The molecule has 1 aliphatic carbocycles. The van der Waals surface area contributed by atoms with Crippen molar-refractivity contribution in [3.05, 3.63) is 28.2 Å². The molecule has 0 bridgehead atoms. The Balaban J connectivity index is 2.28. The van der Waals surface area contributed by atoms with Gasteiger partial charge in [0.05, 0.1) is 0 Å². The first-order valence-corrected chi connectivity index (χ1v) is 6.79. The van der Waals surface area contributed by atoms with E-state index in [1.165, 1.54) is 16.8 Å². The predicted octanol–water partition coefficient (Wildman–Crippen LogP) is 1.43. The minimum absolute atomic E-state index is 0.0701. The van der Waals surface area contributed by atoms with Crippen LogP contribution < -0.4 is 5.56 Å². The molecule has 1 amide bonds. The van der Waals surface area contributed by atoms with Gasteiger partial charge in [0.25, 0.3) is 11.5 Å². The molecular formula is C14H21N3O2. The van der Waals surface area contributed by atoms with Crippen molar-refractivity contribution >= 4 is 5.91 Å². The maximum Gasteiger partial charge on any atom is 0.274 e. The lowest BCUT2D eigenvalue weighted by Gasteiger charge is -2.31. The van der Waals surface area contributed by atoms with E-state index in [1.807, 2.05) is 4.90 Å². The van der Waals surface area contributed by atoms with Gasteiger partial charge in [-0.05, 0) is 31.7 Å². The van der Waals surface area contributed by atoms with Crippen molar-refractivity contribution in [3.63, 3.8) is 0 Å². The summed E-state index contributed by atoms with van der Waals surface area (Å²) in [5, 5.41) is 4.06. The van der Waals surface area contributed by atoms with Crippen molar-refractivity contribution in [2.24, 2.45) is 13.0 Å². The molecule has 0 aliphatic heterocycles. The Morgan fingerprint density at radius 3 is 2.47 bits per heavy atom. The Labute approximate surface area is 113 Å². The van der Waals surface area contributed by atoms with Crippen LogP contribution in [0.3, 0.4) is 0 Å². The van der Waals surface area contributed by atoms with Crippen LogP contribution in [0, 0.1) is 5.92 Å². The number of hydrogen-bond acceptors (Lipinski definition) is 3. The zero-order chi connectivity index (χ0) is 14.2. The van der Waals surface area contributed by atoms with E-state index in [4.69, 9.17) is 0 Å². The summed E-state index contributed by atoms with van der Waals surface area (Å²) in [6.07, 6.45) is 2.13. The lowest BCUT2D eigenvalue weighted by molar-refractivity contribution is 0.0619. The first kappa shape index (κ1) is 13.8. The minimum atomic E-state index is -0.202. The SMILES string of the molecule is CC(C)[C@H](C)N(C(=O)c1ccc(=O)n(C)n1)C1CC1. The number of nitrogens with zero attached hydrogens (tertiary/aromatic N) is 3. The highest BCUT2D eigenvalue weighted by Gasteiger charge is 2.37. The van der Waals surface area contributed by atoms with Crippen LogP contribution in [0.25, 0.3) is 0 Å². The van der Waals surface area contributed by atoms with Gasteiger partial charge in [0, 0.05) is 25.2 Å². The van der Waals surface area contributed by atoms with Gasteiger partial charge < -0.3 is 4.90 Å². The second kappa shape index (κ2) is 5.15. The Morgan fingerprint density at radius 2 is 2.00 bits per heavy atom. The molecule has 1 heterocycles. The van der Waals surface area contributed by atoms with Gasteiger partial charge in [-0.2, -0.15) is 5.10 Å². The second-order valence-electron chi connectivity index (χ2n) is 5.61. The third-order valence-electron chi connectivity index (χ3n) is 3.76. The summed E-state index contributed by atoms with van der Waals surface area (Å²) in [5.74, 6) is 0.330. The topological polar surface area (TPSA) is 55.2 Å². The number of aromatic nitrogens is 2. The standard InChI is InChI=1S/C14H21N3O2/c1-9(2)10(3)17(11-5-6-11)14(19)12-7-8-13(18)16(4)15-12/h7-11H,5-6H2,1-4H3/t10-/m0/s1. The predicted molar refractivity (Wildman–Crippen MR) is 73.0 cm³/mol. The molecule has 0 spiro atoms. The number of rotatable bonds is 4. The summed E-state index contributed by atoms with van der Waals surface area (Å²) in [5.41, 5.74) is 0.146. The molecule has 1 saturated carbocycles. The number of carbonyl (C=O) groups is 1. The van der Waals surface area contributed by atoms with Crippen LogP contribution in [-0.4, -0.2) is 32.7 Å². The van der Waals surface area contributed by atoms with E-state index in [0.29, 0.717) is 17.7 Å². The molecule has 0 saturated heterocycles. The molecule has 0 unspecified atom stereocenters. The van der Waals surface area contributed by atoms with E-state index >= 15 is 0 Å². The van der Waals surface area contributed by atoms with Gasteiger partial charge in [-0.15, -0.1) is 0 Å². The lowest BCUT2D eigenvalue weighted by atomic mass is 10.0. The molecule has 1 fully saturated rings. The zero-order valence-corrected chi connectivity index (χ0v) is 12.0. The molecule has 5 heteroatoms. The van der Waals surface area contributed by atoms with Crippen LogP contribution in [0.2, 0.25) is 0 Å². The van der Waals surface area contributed by atoms with Crippen molar-refractivity contribution in [1.82, 2.24) is 14.7 Å². The fourth-order valence-electron chi connectivity index (χ4n) is 2.11. The van der Waals surface area contributed by atoms with E-state index in [1.54, 1.807) is 7.05 Å². The molecule has 2 rings (SSSR count). The van der Waals surface area contributed by atoms with Crippen LogP contribution in [0.15, 0.2) is 16.9 Å². The highest BCUT2D eigenvalue weighted by Crippen LogP contribution is 2.31. The van der Waals surface area contributed by atoms with Gasteiger partial charge in [0.15, 0.2) is 0 Å². The maximum atomic E-state index is 12.6. The van der Waals surface area contributed by atoms with E-state index in [0.717, 1.165) is 12.8 Å². The van der Waals surface area contributed by atoms with Crippen molar-refractivity contribution in [1.29, 1.82) is 0 Å². The summed E-state index contributed by atoms with van der Waals surface area (Å²) >= 11 is 0. The van der Waals surface area contributed by atoms with Crippen molar-refractivity contribution in [2.45, 2.75) is 45.7 Å². The summed E-state index contributed by atoms with van der Waals surface area (Å²) in [6, 6.07) is 3.43. The smallest absolute Gasteiger partial charge is 0.274 e. The molecule has 0 N–H and O–H groups in total. The molecule has 1 aliphatic rings. The number of carbonyl (C=O) groups excluding carboxylic acids is 1. The largest absolute Gasteiger partial charge is 0.331 e. The molecular weight excluding hydrogens is 242 g/mol. The quantitative estimate of drug-likeness (QED) is 0.825. The van der Waals surface area contributed by atoms with Gasteiger partial charge in [-0.3, -0.25) is 9.59 Å². The van der Waals surface area contributed by atoms with E-state index in [-0.39, 0.29) is 17.5 Å². The van der Waals surface area contributed by atoms with Gasteiger partial charge >= 0.3 is 0 Å². The van der Waals surface area contributed by atoms with Crippen molar-refractivity contribution in [3.8, 4) is 0 Å². The minimum Gasteiger partial charge on any atom is -0.331 e. The van der Waals surface area contributed by atoms with Gasteiger partial charge in [0.2, 0.25) is 0 Å². The third kappa shape index (κ3) is 2.85. The molecule has 1 atom stereocenters. The molecule has 0 aromatic carbocycles. The zero-order valence-electron chi connectivity index (χ0n) is 12.0. The Kier molecular flexibility index (Phi) is 3.73. The van der Waals surface area contributed by atoms with Crippen LogP contribution in [-0.2, 0) is 7.05 Å². The average Bonchev–Trinajstić information content (AvgIpc) is 3.17. The fraction of sp³-hybridized carbons (Fsp3) is 0.643. The normalized spacial score (nSPS) is 16.5. The summed E-state index contributed by atoms with van der Waals surface area (Å²) < 4.78 is 1.21. The van der Waals surface area contributed by atoms with E-state index < -0.39 is 0 Å². The first-order chi connectivity index (χ1) is 8.91. The Hall–Kier alpha value is -1.65. The lowest BCUT2D eigenvalue weighted by Crippen LogP contribution is -2.44. The maximum absolute atomic E-state index is 12.6. The Morgan fingerprint density at radius 1 is 1.37 bits per heavy atom.